The predicted molar refractivity (Wildman–Crippen MR) is 60.7 cm³/mol. The molecule has 16 heavy (non-hydrogen) atoms. The molecule has 1 aliphatic carbocycles. The van der Waals surface area contributed by atoms with Crippen LogP contribution in [0.25, 0.3) is 6.08 Å². The van der Waals surface area contributed by atoms with Crippen molar-refractivity contribution in [3.05, 3.63) is 29.0 Å². The smallest absolute Gasteiger partial charge is 0.173 e. The highest BCUT2D eigenvalue weighted by Gasteiger charge is 2.38. The molecule has 0 radical (unpaired) electrons. The van der Waals surface area contributed by atoms with Crippen molar-refractivity contribution in [2.24, 2.45) is 17.2 Å². The Balaban J connectivity index is 2.71. The Kier molecular flexibility index (Phi) is 2.09. The lowest BCUT2D eigenvalue weighted by Gasteiger charge is -2.35. The molecular weight excluding hydrogens is 208 g/mol. The minimum Gasteiger partial charge on any atom is -0.506 e. The zero-order valence-corrected chi connectivity index (χ0v) is 8.51. The van der Waals surface area contributed by atoms with Gasteiger partial charge in [-0.15, -0.1) is 0 Å². The normalized spacial score (nSPS) is 28.4. The zero-order valence-electron chi connectivity index (χ0n) is 8.51. The van der Waals surface area contributed by atoms with Crippen LogP contribution in [0.4, 0.5) is 5.69 Å². The first kappa shape index (κ1) is 10.7. The van der Waals surface area contributed by atoms with Crippen LogP contribution in [0.5, 0.6) is 5.75 Å². The first-order chi connectivity index (χ1) is 7.35. The third kappa shape index (κ3) is 1.25. The average Bonchev–Trinajstić information content (AvgIpc) is 2.22. The molecule has 1 aromatic carbocycles. The molecule has 0 amide bonds. The molecule has 2 rings (SSSR count). The van der Waals surface area contributed by atoms with Crippen molar-refractivity contribution in [2.45, 2.75) is 11.8 Å². The molecule has 10 N–H and O–H groups in total. The number of benzene rings is 1. The largest absolute Gasteiger partial charge is 0.506 e. The Morgan fingerprint density at radius 1 is 1.25 bits per heavy atom. The van der Waals surface area contributed by atoms with Crippen LogP contribution < -0.4 is 22.9 Å². The number of rotatable bonds is 0. The summed E-state index contributed by atoms with van der Waals surface area (Å²) in [5, 5.41) is 19.3. The molecule has 0 bridgehead atoms. The highest BCUT2D eigenvalue weighted by Crippen LogP contribution is 2.39. The lowest BCUT2D eigenvalue weighted by atomic mass is 9.84. The van der Waals surface area contributed by atoms with E-state index in [9.17, 15) is 10.2 Å². The van der Waals surface area contributed by atoms with Crippen molar-refractivity contribution < 1.29 is 10.2 Å². The molecule has 0 aromatic heterocycles. The second-order valence-electron chi connectivity index (χ2n) is 3.90. The van der Waals surface area contributed by atoms with E-state index in [0.29, 0.717) is 11.1 Å². The average molecular weight is 222 g/mol. The molecule has 1 aromatic rings. The van der Waals surface area contributed by atoms with Gasteiger partial charge in [-0.25, -0.2) is 0 Å². The van der Waals surface area contributed by atoms with E-state index in [1.165, 1.54) is 12.1 Å². The first-order valence-corrected chi connectivity index (χ1v) is 4.71. The Labute approximate surface area is 92.1 Å². The van der Waals surface area contributed by atoms with Gasteiger partial charge in [-0.1, -0.05) is 6.07 Å². The van der Waals surface area contributed by atoms with Crippen LogP contribution >= 0.6 is 0 Å². The van der Waals surface area contributed by atoms with Gasteiger partial charge in [0.2, 0.25) is 0 Å². The summed E-state index contributed by atoms with van der Waals surface area (Å²) in [6, 6.07) is 2.08. The van der Waals surface area contributed by atoms with Crippen molar-refractivity contribution in [1.29, 1.82) is 0 Å². The van der Waals surface area contributed by atoms with E-state index in [4.69, 9.17) is 22.9 Å². The fourth-order valence-electron chi connectivity index (χ4n) is 1.76. The Morgan fingerprint density at radius 2 is 1.88 bits per heavy atom. The predicted octanol–water partition coefficient (Wildman–Crippen LogP) is -1.07. The second-order valence-corrected chi connectivity index (χ2v) is 3.90. The minimum absolute atomic E-state index is 0.0183. The second kappa shape index (κ2) is 3.11. The molecule has 2 atom stereocenters. The van der Waals surface area contributed by atoms with Gasteiger partial charge in [0.15, 0.2) is 5.72 Å². The minimum atomic E-state index is -1.80. The molecule has 0 spiro atoms. The standard InChI is InChI=1S/C10H14N4O2/c11-7-3-5-4(9(13)10(7,14)16)1-2-6(15)8(5)12/h1-3,9,15-16H,11-14H2. The number of aromatic hydroxyl groups is 1. The third-order valence-corrected chi connectivity index (χ3v) is 2.87. The summed E-state index contributed by atoms with van der Waals surface area (Å²) in [4.78, 5) is 0. The SMILES string of the molecule is NC1=Cc2c(ccc(O)c2N)C(N)C1(N)O. The topological polar surface area (TPSA) is 145 Å². The molecule has 0 saturated carbocycles. The fraction of sp³-hybridized carbons (Fsp3) is 0.200. The number of hydrogen-bond acceptors (Lipinski definition) is 6. The Bertz CT molecular complexity index is 482. The maximum atomic E-state index is 9.87. The van der Waals surface area contributed by atoms with Crippen LogP contribution in [-0.4, -0.2) is 15.9 Å². The van der Waals surface area contributed by atoms with Crippen LogP contribution in [0, 0.1) is 0 Å². The Morgan fingerprint density at radius 3 is 2.50 bits per heavy atom. The van der Waals surface area contributed by atoms with Crippen LogP contribution in [-0.2, 0) is 0 Å². The zero-order chi connectivity index (χ0) is 12.1. The van der Waals surface area contributed by atoms with Crippen molar-refractivity contribution >= 4 is 11.8 Å². The number of phenols is 1. The maximum Gasteiger partial charge on any atom is 0.173 e. The van der Waals surface area contributed by atoms with E-state index >= 15 is 0 Å². The Hall–Kier alpha value is -1.76. The van der Waals surface area contributed by atoms with Gasteiger partial charge in [0.1, 0.15) is 5.75 Å². The van der Waals surface area contributed by atoms with Crippen LogP contribution in [0.2, 0.25) is 0 Å². The van der Waals surface area contributed by atoms with Gasteiger partial charge in [0.25, 0.3) is 0 Å². The number of aliphatic hydroxyl groups is 1. The summed E-state index contributed by atoms with van der Waals surface area (Å²) >= 11 is 0. The summed E-state index contributed by atoms with van der Waals surface area (Å²) in [7, 11) is 0. The molecule has 0 heterocycles. The van der Waals surface area contributed by atoms with Crippen molar-refractivity contribution in [3.63, 3.8) is 0 Å². The van der Waals surface area contributed by atoms with Gasteiger partial charge in [0.05, 0.1) is 17.4 Å². The van der Waals surface area contributed by atoms with Gasteiger partial charge in [-0.3, -0.25) is 5.73 Å². The lowest BCUT2D eigenvalue weighted by Crippen LogP contribution is -2.54. The number of fused-ring (bicyclic) bond motifs is 1. The number of nitrogen functional groups attached to an aromatic ring is 1. The van der Waals surface area contributed by atoms with Crippen LogP contribution in [0.1, 0.15) is 17.2 Å². The van der Waals surface area contributed by atoms with E-state index in [2.05, 4.69) is 0 Å². The number of hydrogen-bond donors (Lipinski definition) is 6. The monoisotopic (exact) mass is 222 g/mol. The summed E-state index contributed by atoms with van der Waals surface area (Å²) in [5.74, 6) is -0.0579. The van der Waals surface area contributed by atoms with Gasteiger partial charge < -0.3 is 27.4 Å². The number of phenolic OH excluding ortho intramolecular Hbond substituents is 1. The molecule has 0 saturated heterocycles. The first-order valence-electron chi connectivity index (χ1n) is 4.71. The highest BCUT2D eigenvalue weighted by molar-refractivity contribution is 5.77. The van der Waals surface area contributed by atoms with E-state index in [1.54, 1.807) is 6.07 Å². The number of anilines is 1. The van der Waals surface area contributed by atoms with Crippen molar-refractivity contribution in [3.8, 4) is 5.75 Å². The molecule has 1 aliphatic rings. The molecule has 6 heteroatoms. The third-order valence-electron chi connectivity index (χ3n) is 2.87. The van der Waals surface area contributed by atoms with E-state index in [0.717, 1.165) is 0 Å². The maximum absolute atomic E-state index is 9.87. The van der Waals surface area contributed by atoms with Gasteiger partial charge >= 0.3 is 0 Å². The molecule has 86 valence electrons. The van der Waals surface area contributed by atoms with Crippen LogP contribution in [0.15, 0.2) is 17.8 Å². The van der Waals surface area contributed by atoms with Gasteiger partial charge in [-0.05, 0) is 17.7 Å². The molecule has 0 fully saturated rings. The summed E-state index contributed by atoms with van der Waals surface area (Å²) in [6.07, 6.45) is 1.42. The quantitative estimate of drug-likeness (QED) is 0.187. The van der Waals surface area contributed by atoms with Crippen molar-refractivity contribution in [1.82, 2.24) is 0 Å². The molecular formula is C10H14N4O2. The molecule has 6 nitrogen and oxygen atoms in total. The lowest BCUT2D eigenvalue weighted by molar-refractivity contribution is 0.0545. The summed E-state index contributed by atoms with van der Waals surface area (Å²) < 4.78 is 0. The highest BCUT2D eigenvalue weighted by atomic mass is 16.3. The summed E-state index contributed by atoms with van der Waals surface area (Å²) in [5.41, 5.74) is 22.1. The molecule has 2 unspecified atom stereocenters. The summed E-state index contributed by atoms with van der Waals surface area (Å²) in [6.45, 7) is 0. The van der Waals surface area contributed by atoms with Crippen LogP contribution in [0.3, 0.4) is 0 Å². The number of nitrogens with two attached hydrogens (primary N) is 4. The van der Waals surface area contributed by atoms with Gasteiger partial charge in [0, 0.05) is 5.56 Å². The van der Waals surface area contributed by atoms with Crippen molar-refractivity contribution in [2.75, 3.05) is 5.73 Å². The fourth-order valence-corrected chi connectivity index (χ4v) is 1.76. The van der Waals surface area contributed by atoms with Gasteiger partial charge in [-0.2, -0.15) is 0 Å². The molecule has 0 aliphatic heterocycles. The van der Waals surface area contributed by atoms with E-state index in [-0.39, 0.29) is 17.1 Å². The van der Waals surface area contributed by atoms with E-state index < -0.39 is 11.8 Å². The van der Waals surface area contributed by atoms with E-state index in [1.807, 2.05) is 0 Å².